The largest absolute Gasteiger partial charge is 0.373 e. The van der Waals surface area contributed by atoms with E-state index >= 15 is 0 Å². The zero-order chi connectivity index (χ0) is 20.6. The van der Waals surface area contributed by atoms with Crippen LogP contribution in [0.2, 0.25) is 0 Å². The second-order valence-corrected chi connectivity index (χ2v) is 9.01. The van der Waals surface area contributed by atoms with E-state index in [1.807, 2.05) is 13.2 Å². The van der Waals surface area contributed by atoms with E-state index in [1.54, 1.807) is 11.3 Å². The highest BCUT2D eigenvalue weighted by Crippen LogP contribution is 2.17. The molecule has 7 heteroatoms. The van der Waals surface area contributed by atoms with Crippen LogP contribution in [0.15, 0.2) is 35.5 Å². The van der Waals surface area contributed by atoms with Crippen LogP contribution in [0, 0.1) is 6.92 Å². The maximum Gasteiger partial charge on any atom is 0.191 e. The predicted octanol–water partition coefficient (Wildman–Crippen LogP) is 2.97. The van der Waals surface area contributed by atoms with Gasteiger partial charge in [0.1, 0.15) is 0 Å². The normalized spacial score (nSPS) is 20.6. The van der Waals surface area contributed by atoms with E-state index in [-0.39, 0.29) is 12.2 Å². The summed E-state index contributed by atoms with van der Waals surface area (Å²) in [6, 6.07) is 8.64. The molecule has 6 nitrogen and oxygen atoms in total. The van der Waals surface area contributed by atoms with E-state index in [1.165, 1.54) is 16.0 Å². The maximum absolute atomic E-state index is 5.87. The monoisotopic (exact) mass is 415 g/mol. The van der Waals surface area contributed by atoms with Crippen molar-refractivity contribution in [1.29, 1.82) is 0 Å². The standard InChI is InChI=1S/C22H33N5OS/c1-16-13-27(14-17(2)28-16)15-20-8-6-5-7-19(20)12-26-22(23-4)24-10-9-21-25-11-18(3)29-21/h5-8,11,16-17H,9-10,12-15H2,1-4H3,(H2,23,24,26). The first-order chi connectivity index (χ1) is 14.0. The second kappa shape index (κ2) is 10.7. The van der Waals surface area contributed by atoms with Gasteiger partial charge in [-0.3, -0.25) is 9.89 Å². The van der Waals surface area contributed by atoms with Crippen molar-refractivity contribution in [3.63, 3.8) is 0 Å². The zero-order valence-corrected chi connectivity index (χ0v) is 18.8. The molecule has 1 fully saturated rings. The molecule has 1 aromatic heterocycles. The van der Waals surface area contributed by atoms with Gasteiger partial charge in [0, 0.05) is 57.3 Å². The lowest BCUT2D eigenvalue weighted by Crippen LogP contribution is -2.45. The van der Waals surface area contributed by atoms with Crippen LogP contribution in [-0.4, -0.2) is 54.7 Å². The van der Waals surface area contributed by atoms with Crippen LogP contribution in [-0.2, 0) is 24.2 Å². The fourth-order valence-electron chi connectivity index (χ4n) is 3.74. The van der Waals surface area contributed by atoms with Crippen LogP contribution in [0.3, 0.4) is 0 Å². The second-order valence-electron chi connectivity index (χ2n) is 7.69. The quantitative estimate of drug-likeness (QED) is 0.538. The molecule has 1 saturated heterocycles. The Balaban J connectivity index is 1.51. The minimum absolute atomic E-state index is 0.286. The van der Waals surface area contributed by atoms with Crippen molar-refractivity contribution < 1.29 is 4.74 Å². The number of morpholine rings is 1. The van der Waals surface area contributed by atoms with Crippen LogP contribution in [0.25, 0.3) is 0 Å². The average Bonchev–Trinajstić information content (AvgIpc) is 3.10. The van der Waals surface area contributed by atoms with Gasteiger partial charge in [-0.2, -0.15) is 0 Å². The van der Waals surface area contributed by atoms with Crippen molar-refractivity contribution in [1.82, 2.24) is 20.5 Å². The van der Waals surface area contributed by atoms with Gasteiger partial charge in [-0.25, -0.2) is 4.98 Å². The van der Waals surface area contributed by atoms with Crippen molar-refractivity contribution in [2.75, 3.05) is 26.7 Å². The predicted molar refractivity (Wildman–Crippen MR) is 120 cm³/mol. The summed E-state index contributed by atoms with van der Waals surface area (Å²) >= 11 is 1.75. The Morgan fingerprint density at radius 1 is 1.21 bits per heavy atom. The summed E-state index contributed by atoms with van der Waals surface area (Å²) in [5.74, 6) is 0.821. The summed E-state index contributed by atoms with van der Waals surface area (Å²) in [6.45, 7) is 10.9. The van der Waals surface area contributed by atoms with Gasteiger partial charge in [-0.05, 0) is 31.9 Å². The lowest BCUT2D eigenvalue weighted by atomic mass is 10.1. The third kappa shape index (κ3) is 6.80. The minimum atomic E-state index is 0.286. The zero-order valence-electron chi connectivity index (χ0n) is 17.9. The number of thiazole rings is 1. The van der Waals surface area contributed by atoms with Gasteiger partial charge < -0.3 is 15.4 Å². The highest BCUT2D eigenvalue weighted by Gasteiger charge is 2.22. The van der Waals surface area contributed by atoms with E-state index in [0.29, 0.717) is 0 Å². The fraction of sp³-hybridized carbons (Fsp3) is 0.545. The Morgan fingerprint density at radius 2 is 1.93 bits per heavy atom. The number of nitrogens with zero attached hydrogens (tertiary/aromatic N) is 3. The van der Waals surface area contributed by atoms with Crippen LogP contribution < -0.4 is 10.6 Å². The molecule has 0 radical (unpaired) electrons. The topological polar surface area (TPSA) is 61.8 Å². The van der Waals surface area contributed by atoms with Crippen molar-refractivity contribution >= 4 is 17.3 Å². The molecule has 1 aliphatic heterocycles. The minimum Gasteiger partial charge on any atom is -0.373 e. The smallest absolute Gasteiger partial charge is 0.191 e. The Labute approximate surface area is 178 Å². The highest BCUT2D eigenvalue weighted by atomic mass is 32.1. The molecule has 0 amide bonds. The van der Waals surface area contributed by atoms with Gasteiger partial charge in [0.2, 0.25) is 0 Å². The number of ether oxygens (including phenoxy) is 1. The Kier molecular flexibility index (Phi) is 8.03. The molecule has 2 atom stereocenters. The first-order valence-corrected chi connectivity index (χ1v) is 11.2. The first kappa shape index (κ1) is 21.7. The summed E-state index contributed by atoms with van der Waals surface area (Å²) < 4.78 is 5.87. The van der Waals surface area contributed by atoms with E-state index < -0.39 is 0 Å². The number of aliphatic imine (C=N–C) groups is 1. The highest BCUT2D eigenvalue weighted by molar-refractivity contribution is 7.11. The first-order valence-electron chi connectivity index (χ1n) is 10.3. The third-order valence-corrected chi connectivity index (χ3v) is 5.95. The van der Waals surface area contributed by atoms with E-state index in [2.05, 4.69) is 70.5 Å². The number of hydrogen-bond acceptors (Lipinski definition) is 5. The summed E-state index contributed by atoms with van der Waals surface area (Å²) in [7, 11) is 1.81. The molecule has 2 N–H and O–H groups in total. The molecule has 29 heavy (non-hydrogen) atoms. The Morgan fingerprint density at radius 3 is 2.59 bits per heavy atom. The molecule has 0 spiro atoms. The summed E-state index contributed by atoms with van der Waals surface area (Å²) in [4.78, 5) is 12.5. The van der Waals surface area contributed by atoms with Gasteiger partial charge >= 0.3 is 0 Å². The number of rotatable bonds is 7. The van der Waals surface area contributed by atoms with E-state index in [9.17, 15) is 0 Å². The average molecular weight is 416 g/mol. The van der Waals surface area contributed by atoms with E-state index in [4.69, 9.17) is 4.74 Å². The van der Waals surface area contributed by atoms with Gasteiger partial charge in [0.25, 0.3) is 0 Å². The summed E-state index contributed by atoms with van der Waals surface area (Å²) in [5.41, 5.74) is 2.66. The molecular formula is C22H33N5OS. The number of guanidine groups is 1. The number of aryl methyl sites for hydroxylation is 1. The molecule has 158 valence electrons. The number of hydrogen-bond donors (Lipinski definition) is 2. The van der Waals surface area contributed by atoms with Crippen molar-refractivity contribution in [3.8, 4) is 0 Å². The van der Waals surface area contributed by atoms with Crippen LogP contribution in [0.1, 0.15) is 34.9 Å². The van der Waals surface area contributed by atoms with Crippen LogP contribution in [0.5, 0.6) is 0 Å². The van der Waals surface area contributed by atoms with Crippen molar-refractivity contribution in [2.45, 2.75) is 52.5 Å². The molecule has 1 aromatic carbocycles. The molecule has 3 rings (SSSR count). The molecule has 0 saturated carbocycles. The molecule has 2 unspecified atom stereocenters. The Hall–Kier alpha value is -1.96. The van der Waals surface area contributed by atoms with Crippen molar-refractivity contribution in [3.05, 3.63) is 51.5 Å². The lowest BCUT2D eigenvalue weighted by Gasteiger charge is -2.35. The van der Waals surface area contributed by atoms with Gasteiger partial charge in [0.15, 0.2) is 5.96 Å². The number of aromatic nitrogens is 1. The lowest BCUT2D eigenvalue weighted by molar-refractivity contribution is -0.0705. The SMILES string of the molecule is CN=C(NCCc1ncc(C)s1)NCc1ccccc1CN1CC(C)OC(C)C1. The molecule has 0 aliphatic carbocycles. The summed E-state index contributed by atoms with van der Waals surface area (Å²) in [6.07, 6.45) is 3.41. The van der Waals surface area contributed by atoms with Crippen LogP contribution >= 0.6 is 11.3 Å². The number of benzene rings is 1. The fourth-order valence-corrected chi connectivity index (χ4v) is 4.53. The van der Waals surface area contributed by atoms with Gasteiger partial charge in [-0.15, -0.1) is 11.3 Å². The van der Waals surface area contributed by atoms with Gasteiger partial charge in [0.05, 0.1) is 17.2 Å². The summed E-state index contributed by atoms with van der Waals surface area (Å²) in [5, 5.41) is 8.00. The molecule has 1 aliphatic rings. The third-order valence-electron chi connectivity index (χ3n) is 4.98. The number of nitrogens with one attached hydrogen (secondary N) is 2. The van der Waals surface area contributed by atoms with Crippen LogP contribution in [0.4, 0.5) is 0 Å². The maximum atomic E-state index is 5.87. The van der Waals surface area contributed by atoms with Gasteiger partial charge in [-0.1, -0.05) is 24.3 Å². The molecule has 2 aromatic rings. The van der Waals surface area contributed by atoms with Crippen molar-refractivity contribution in [2.24, 2.45) is 4.99 Å². The Bertz CT molecular complexity index is 796. The molecule has 0 bridgehead atoms. The molecular weight excluding hydrogens is 382 g/mol. The van der Waals surface area contributed by atoms with E-state index in [0.717, 1.165) is 50.1 Å². The molecule has 2 heterocycles.